The zero-order valence-electron chi connectivity index (χ0n) is 10.3. The molecule has 1 aromatic carbocycles. The molecule has 1 unspecified atom stereocenters. The van der Waals surface area contributed by atoms with Crippen molar-refractivity contribution in [2.24, 2.45) is 0 Å². The van der Waals surface area contributed by atoms with E-state index >= 15 is 0 Å². The molecule has 0 amide bonds. The smallest absolute Gasteiger partial charge is 0.337 e. The zero-order valence-corrected chi connectivity index (χ0v) is 11.1. The van der Waals surface area contributed by atoms with Gasteiger partial charge in [-0.3, -0.25) is 0 Å². The molecule has 1 heterocycles. The summed E-state index contributed by atoms with van der Waals surface area (Å²) in [5.41, 5.74) is 6.45. The van der Waals surface area contributed by atoms with Gasteiger partial charge in [0.05, 0.1) is 16.6 Å². The number of aromatic carboxylic acids is 1. The molecule has 0 spiro atoms. The van der Waals surface area contributed by atoms with E-state index in [1.54, 1.807) is 6.07 Å². The first kappa shape index (κ1) is 13.7. The largest absolute Gasteiger partial charge is 0.478 e. The third kappa shape index (κ3) is 2.98. The fraction of sp³-hybridized carbons (Fsp3) is 0.417. The zero-order chi connectivity index (χ0) is 14.0. The summed E-state index contributed by atoms with van der Waals surface area (Å²) in [6.07, 6.45) is 1.37. The van der Waals surface area contributed by atoms with E-state index < -0.39 is 15.8 Å². The van der Waals surface area contributed by atoms with Crippen LogP contribution in [0.1, 0.15) is 23.2 Å². The van der Waals surface area contributed by atoms with Crippen LogP contribution in [-0.2, 0) is 9.84 Å². The maximum Gasteiger partial charge on any atom is 0.337 e. The van der Waals surface area contributed by atoms with Gasteiger partial charge in [-0.15, -0.1) is 0 Å². The summed E-state index contributed by atoms with van der Waals surface area (Å²) in [7, 11) is -2.98. The molecule has 2 rings (SSSR count). The molecule has 0 radical (unpaired) electrons. The summed E-state index contributed by atoms with van der Waals surface area (Å²) in [5.74, 6) is -0.832. The van der Waals surface area contributed by atoms with Gasteiger partial charge in [0.1, 0.15) is 0 Å². The van der Waals surface area contributed by atoms with Crippen LogP contribution in [0, 0.1) is 0 Å². The molecule has 6 nitrogen and oxygen atoms in total. The molecular formula is C12H16N2O4S. The number of sulfone groups is 1. The predicted molar refractivity (Wildman–Crippen MR) is 73.1 cm³/mol. The maximum absolute atomic E-state index is 11.7. The molecular weight excluding hydrogens is 268 g/mol. The number of rotatable bonds is 4. The topological polar surface area (TPSA) is 109 Å². The van der Waals surface area contributed by atoms with Crippen LogP contribution in [-0.4, -0.2) is 37.0 Å². The number of nitrogens with two attached hydrogens (primary N) is 1. The SMILES string of the molecule is Nc1cc(NCC2CCCS2(=O)=O)ccc1C(=O)O. The van der Waals surface area contributed by atoms with Crippen LogP contribution in [0.25, 0.3) is 0 Å². The molecule has 104 valence electrons. The second-order valence-corrected chi connectivity index (χ2v) is 7.02. The Kier molecular flexibility index (Phi) is 3.66. The highest BCUT2D eigenvalue weighted by atomic mass is 32.2. The summed E-state index contributed by atoms with van der Waals surface area (Å²) in [6.45, 7) is 0.328. The van der Waals surface area contributed by atoms with Crippen molar-refractivity contribution in [3.63, 3.8) is 0 Å². The highest BCUT2D eigenvalue weighted by molar-refractivity contribution is 7.92. The maximum atomic E-state index is 11.7. The molecule has 1 aromatic rings. The fourth-order valence-corrected chi connectivity index (χ4v) is 3.95. The van der Waals surface area contributed by atoms with Gasteiger partial charge in [0.25, 0.3) is 0 Å². The second kappa shape index (κ2) is 5.08. The number of carboxylic acids is 1. The van der Waals surface area contributed by atoms with Crippen LogP contribution < -0.4 is 11.1 Å². The number of nitrogens with one attached hydrogen (secondary N) is 1. The summed E-state index contributed by atoms with van der Waals surface area (Å²) in [5, 5.41) is 11.5. The van der Waals surface area contributed by atoms with Crippen molar-refractivity contribution in [2.45, 2.75) is 18.1 Å². The van der Waals surface area contributed by atoms with E-state index in [-0.39, 0.29) is 22.3 Å². The Labute approximate surface area is 111 Å². The van der Waals surface area contributed by atoms with E-state index in [0.717, 1.165) is 0 Å². The summed E-state index contributed by atoms with van der Waals surface area (Å²) in [6, 6.07) is 4.50. The summed E-state index contributed by atoms with van der Waals surface area (Å²) >= 11 is 0. The van der Waals surface area contributed by atoms with Gasteiger partial charge in [0, 0.05) is 17.9 Å². The minimum atomic E-state index is -2.98. The predicted octanol–water partition coefficient (Wildman–Crippen LogP) is 0.956. The first-order chi connectivity index (χ1) is 8.90. The Morgan fingerprint density at radius 1 is 1.47 bits per heavy atom. The van der Waals surface area contributed by atoms with Crippen molar-refractivity contribution in [1.82, 2.24) is 0 Å². The first-order valence-electron chi connectivity index (χ1n) is 5.98. The van der Waals surface area contributed by atoms with Crippen molar-refractivity contribution in [3.05, 3.63) is 23.8 Å². The monoisotopic (exact) mass is 284 g/mol. The van der Waals surface area contributed by atoms with E-state index in [2.05, 4.69) is 5.32 Å². The fourth-order valence-electron chi connectivity index (χ4n) is 2.19. The Morgan fingerprint density at radius 3 is 2.74 bits per heavy atom. The van der Waals surface area contributed by atoms with Crippen molar-refractivity contribution < 1.29 is 18.3 Å². The van der Waals surface area contributed by atoms with Gasteiger partial charge in [-0.05, 0) is 31.0 Å². The van der Waals surface area contributed by atoms with Crippen LogP contribution in [0.3, 0.4) is 0 Å². The van der Waals surface area contributed by atoms with E-state index in [4.69, 9.17) is 10.8 Å². The van der Waals surface area contributed by atoms with Crippen LogP contribution in [0.2, 0.25) is 0 Å². The van der Waals surface area contributed by atoms with Gasteiger partial charge in [-0.2, -0.15) is 0 Å². The minimum Gasteiger partial charge on any atom is -0.478 e. The Hall–Kier alpha value is -1.76. The van der Waals surface area contributed by atoms with Crippen molar-refractivity contribution in [2.75, 3.05) is 23.3 Å². The normalized spacial score (nSPS) is 21.2. The number of nitrogen functional groups attached to an aromatic ring is 1. The molecule has 0 bridgehead atoms. The van der Waals surface area contributed by atoms with Gasteiger partial charge >= 0.3 is 5.97 Å². The number of benzene rings is 1. The summed E-state index contributed by atoms with van der Waals surface area (Å²) < 4.78 is 23.3. The van der Waals surface area contributed by atoms with Gasteiger partial charge < -0.3 is 16.2 Å². The van der Waals surface area contributed by atoms with E-state index in [1.165, 1.54) is 12.1 Å². The quantitative estimate of drug-likeness (QED) is 0.710. The lowest BCUT2D eigenvalue weighted by atomic mass is 10.1. The van der Waals surface area contributed by atoms with E-state index in [9.17, 15) is 13.2 Å². The van der Waals surface area contributed by atoms with E-state index in [0.29, 0.717) is 25.1 Å². The number of anilines is 2. The third-order valence-corrected chi connectivity index (χ3v) is 5.55. The Bertz CT molecular complexity index is 598. The van der Waals surface area contributed by atoms with Crippen LogP contribution in [0.15, 0.2) is 18.2 Å². The van der Waals surface area contributed by atoms with E-state index in [1.807, 2.05) is 0 Å². The molecule has 1 fully saturated rings. The molecule has 0 aliphatic carbocycles. The molecule has 0 aromatic heterocycles. The molecule has 1 saturated heterocycles. The molecule has 1 aliphatic heterocycles. The molecule has 1 atom stereocenters. The molecule has 4 N–H and O–H groups in total. The second-order valence-electron chi connectivity index (χ2n) is 4.62. The van der Waals surface area contributed by atoms with Crippen LogP contribution in [0.4, 0.5) is 11.4 Å². The van der Waals surface area contributed by atoms with Gasteiger partial charge in [0.2, 0.25) is 0 Å². The standard InChI is InChI=1S/C12H16N2O4S/c13-11-6-8(3-4-10(11)12(15)16)14-7-9-2-1-5-19(9,17)18/h3-4,6,9,14H,1-2,5,7,13H2,(H,15,16). The molecule has 7 heteroatoms. The number of carboxylic acid groups (broad SMARTS) is 1. The third-order valence-electron chi connectivity index (χ3n) is 3.28. The average Bonchev–Trinajstić information content (AvgIpc) is 2.65. The highest BCUT2D eigenvalue weighted by Gasteiger charge is 2.30. The number of carbonyl (C=O) groups is 1. The van der Waals surface area contributed by atoms with Gasteiger partial charge in [-0.25, -0.2) is 13.2 Å². The van der Waals surface area contributed by atoms with Gasteiger partial charge in [-0.1, -0.05) is 0 Å². The first-order valence-corrected chi connectivity index (χ1v) is 7.70. The molecule has 1 aliphatic rings. The average molecular weight is 284 g/mol. The van der Waals surface area contributed by atoms with Crippen molar-refractivity contribution in [3.8, 4) is 0 Å². The minimum absolute atomic E-state index is 0.0408. The lowest BCUT2D eigenvalue weighted by Crippen LogP contribution is -2.25. The summed E-state index contributed by atoms with van der Waals surface area (Å²) in [4.78, 5) is 10.8. The van der Waals surface area contributed by atoms with Crippen LogP contribution >= 0.6 is 0 Å². The highest BCUT2D eigenvalue weighted by Crippen LogP contribution is 2.22. The van der Waals surface area contributed by atoms with Crippen LogP contribution in [0.5, 0.6) is 0 Å². The van der Waals surface area contributed by atoms with Gasteiger partial charge in [0.15, 0.2) is 9.84 Å². The number of hydrogen-bond donors (Lipinski definition) is 3. The Balaban J connectivity index is 2.05. The lowest BCUT2D eigenvalue weighted by Gasteiger charge is -2.12. The molecule has 19 heavy (non-hydrogen) atoms. The lowest BCUT2D eigenvalue weighted by molar-refractivity contribution is 0.0698. The molecule has 0 saturated carbocycles. The number of hydrogen-bond acceptors (Lipinski definition) is 5. The Morgan fingerprint density at radius 2 is 2.21 bits per heavy atom. The van der Waals surface area contributed by atoms with Crippen molar-refractivity contribution >= 4 is 27.2 Å². The van der Waals surface area contributed by atoms with Crippen molar-refractivity contribution in [1.29, 1.82) is 0 Å².